The van der Waals surface area contributed by atoms with Crippen LogP contribution in [-0.2, 0) is 0 Å². The monoisotopic (exact) mass is 248 g/mol. The quantitative estimate of drug-likeness (QED) is 0.675. The van der Waals surface area contributed by atoms with Gasteiger partial charge in [0.05, 0.1) is 0 Å². The Hall–Kier alpha value is -1.16. The van der Waals surface area contributed by atoms with Crippen molar-refractivity contribution in [1.29, 1.82) is 0 Å². The average Bonchev–Trinajstić information content (AvgIpc) is 2.17. The van der Waals surface area contributed by atoms with Gasteiger partial charge in [0.15, 0.2) is 0 Å². The van der Waals surface area contributed by atoms with Gasteiger partial charge in [-0.2, -0.15) is 13.2 Å². The maximum Gasteiger partial charge on any atom is 0.429 e. The summed E-state index contributed by atoms with van der Waals surface area (Å²) < 4.78 is 42.1. The van der Waals surface area contributed by atoms with Crippen molar-refractivity contribution < 1.29 is 17.9 Å². The lowest BCUT2D eigenvalue weighted by Gasteiger charge is -2.23. The van der Waals surface area contributed by atoms with Crippen molar-refractivity contribution >= 4 is 17.7 Å². The third kappa shape index (κ3) is 2.02. The largest absolute Gasteiger partial charge is 0.476 e. The highest BCUT2D eigenvalue weighted by Gasteiger charge is 2.41. The maximum atomic E-state index is 12.4. The summed E-state index contributed by atoms with van der Waals surface area (Å²) in [6, 6.07) is 3.11. The number of rotatable bonds is 0. The van der Waals surface area contributed by atoms with Crippen LogP contribution in [0.15, 0.2) is 18.2 Å². The van der Waals surface area contributed by atoms with Crippen LogP contribution in [0.25, 0.3) is 6.08 Å². The zero-order valence-electron chi connectivity index (χ0n) is 8.31. The first-order valence-corrected chi connectivity index (χ1v) is 4.97. The predicted octanol–water partition coefficient (Wildman–Crippen LogP) is 3.98. The van der Waals surface area contributed by atoms with E-state index in [0.29, 0.717) is 16.1 Å². The van der Waals surface area contributed by atoms with E-state index in [-0.39, 0.29) is 5.75 Å². The van der Waals surface area contributed by atoms with Crippen LogP contribution in [-0.4, -0.2) is 12.3 Å². The van der Waals surface area contributed by atoms with Gasteiger partial charge in [0.25, 0.3) is 0 Å². The molecule has 0 saturated carbocycles. The average molecular weight is 249 g/mol. The SMILES string of the molecule is Cc1cc2c(cc1Cl)C=CC(C(F)(F)F)O2. The highest BCUT2D eigenvalue weighted by atomic mass is 35.5. The highest BCUT2D eigenvalue weighted by molar-refractivity contribution is 6.31. The number of hydrogen-bond donors (Lipinski definition) is 0. The molecular weight excluding hydrogens is 241 g/mol. The Balaban J connectivity index is 2.38. The molecule has 1 aliphatic heterocycles. The standard InChI is InChI=1S/C11H8ClF3O/c1-6-4-9-7(5-8(6)12)2-3-10(16-9)11(13,14)15/h2-5,10H,1H3. The lowest BCUT2D eigenvalue weighted by Crippen LogP contribution is -2.33. The summed E-state index contributed by atoms with van der Waals surface area (Å²) in [5.74, 6) is 0.215. The van der Waals surface area contributed by atoms with Crippen molar-refractivity contribution in [1.82, 2.24) is 0 Å². The molecule has 0 amide bonds. The van der Waals surface area contributed by atoms with Crippen LogP contribution in [0.5, 0.6) is 5.75 Å². The molecule has 5 heteroatoms. The molecule has 1 aliphatic rings. The van der Waals surface area contributed by atoms with E-state index in [0.717, 1.165) is 6.08 Å². The molecule has 16 heavy (non-hydrogen) atoms. The first-order chi connectivity index (χ1) is 7.38. The van der Waals surface area contributed by atoms with Gasteiger partial charge in [-0.25, -0.2) is 0 Å². The molecule has 1 atom stereocenters. The number of hydrogen-bond acceptors (Lipinski definition) is 1. The van der Waals surface area contributed by atoms with Crippen molar-refractivity contribution in [3.63, 3.8) is 0 Å². The Kier molecular flexibility index (Phi) is 2.62. The highest BCUT2D eigenvalue weighted by Crippen LogP contribution is 2.35. The fourth-order valence-corrected chi connectivity index (χ4v) is 1.62. The first kappa shape index (κ1) is 11.3. The van der Waals surface area contributed by atoms with Crippen molar-refractivity contribution in [2.24, 2.45) is 0 Å². The molecule has 2 rings (SSSR count). The number of ether oxygens (including phenoxy) is 1. The van der Waals surface area contributed by atoms with Gasteiger partial charge in [-0.15, -0.1) is 0 Å². The molecule has 1 aromatic rings. The van der Waals surface area contributed by atoms with E-state index in [1.807, 2.05) is 0 Å². The molecule has 0 aliphatic carbocycles. The van der Waals surface area contributed by atoms with Crippen molar-refractivity contribution in [2.75, 3.05) is 0 Å². The minimum Gasteiger partial charge on any atom is -0.476 e. The van der Waals surface area contributed by atoms with Crippen molar-refractivity contribution in [3.05, 3.63) is 34.4 Å². The summed E-state index contributed by atoms with van der Waals surface area (Å²) in [6.45, 7) is 1.72. The van der Waals surface area contributed by atoms with Crippen LogP contribution in [0.3, 0.4) is 0 Å². The minimum atomic E-state index is -4.39. The summed E-state index contributed by atoms with van der Waals surface area (Å²) in [4.78, 5) is 0. The third-order valence-electron chi connectivity index (χ3n) is 2.32. The van der Waals surface area contributed by atoms with Gasteiger partial charge < -0.3 is 4.74 Å². The van der Waals surface area contributed by atoms with E-state index in [2.05, 4.69) is 0 Å². The fraction of sp³-hybridized carbons (Fsp3) is 0.273. The van der Waals surface area contributed by atoms with E-state index in [1.165, 1.54) is 12.1 Å². The van der Waals surface area contributed by atoms with Crippen LogP contribution in [0.4, 0.5) is 13.2 Å². The maximum absolute atomic E-state index is 12.4. The number of aryl methyl sites for hydroxylation is 1. The molecule has 0 spiro atoms. The molecule has 0 radical (unpaired) electrons. The summed E-state index contributed by atoms with van der Waals surface area (Å²) in [7, 11) is 0. The second kappa shape index (κ2) is 3.70. The van der Waals surface area contributed by atoms with Gasteiger partial charge in [0, 0.05) is 10.6 Å². The molecule has 1 nitrogen and oxygen atoms in total. The van der Waals surface area contributed by atoms with Gasteiger partial charge in [-0.3, -0.25) is 0 Å². The first-order valence-electron chi connectivity index (χ1n) is 4.59. The normalized spacial score (nSPS) is 19.2. The molecule has 1 aromatic carbocycles. The summed E-state index contributed by atoms with van der Waals surface area (Å²) >= 11 is 5.86. The van der Waals surface area contributed by atoms with Gasteiger partial charge in [0.1, 0.15) is 5.75 Å². The van der Waals surface area contributed by atoms with Crippen molar-refractivity contribution in [3.8, 4) is 5.75 Å². The van der Waals surface area contributed by atoms with E-state index in [9.17, 15) is 13.2 Å². The predicted molar refractivity (Wildman–Crippen MR) is 55.7 cm³/mol. The van der Waals surface area contributed by atoms with Gasteiger partial charge >= 0.3 is 6.18 Å². The van der Waals surface area contributed by atoms with Gasteiger partial charge in [-0.05, 0) is 30.7 Å². The zero-order chi connectivity index (χ0) is 11.9. The van der Waals surface area contributed by atoms with Crippen LogP contribution in [0, 0.1) is 6.92 Å². The molecule has 1 unspecified atom stereocenters. The third-order valence-corrected chi connectivity index (χ3v) is 2.73. The molecular formula is C11H8ClF3O. The summed E-state index contributed by atoms with van der Waals surface area (Å²) in [5.41, 5.74) is 1.26. The lowest BCUT2D eigenvalue weighted by molar-refractivity contribution is -0.180. The number of halogens is 4. The molecule has 1 heterocycles. The Morgan fingerprint density at radius 3 is 2.62 bits per heavy atom. The van der Waals surface area contributed by atoms with E-state index in [4.69, 9.17) is 16.3 Å². The fourth-order valence-electron chi connectivity index (χ4n) is 1.45. The number of fused-ring (bicyclic) bond motifs is 1. The van der Waals surface area contributed by atoms with E-state index < -0.39 is 12.3 Å². The lowest BCUT2D eigenvalue weighted by atomic mass is 10.1. The molecule has 0 N–H and O–H groups in total. The smallest absolute Gasteiger partial charge is 0.429 e. The zero-order valence-corrected chi connectivity index (χ0v) is 9.06. The second-order valence-electron chi connectivity index (χ2n) is 3.58. The van der Waals surface area contributed by atoms with E-state index >= 15 is 0 Å². The Labute approximate surface area is 95.5 Å². The Morgan fingerprint density at radius 1 is 1.31 bits per heavy atom. The van der Waals surface area contributed by atoms with Crippen LogP contribution >= 0.6 is 11.6 Å². The van der Waals surface area contributed by atoms with Crippen LogP contribution < -0.4 is 4.74 Å². The Morgan fingerprint density at radius 2 is 2.00 bits per heavy atom. The van der Waals surface area contributed by atoms with Gasteiger partial charge in [-0.1, -0.05) is 17.7 Å². The summed E-state index contributed by atoms with van der Waals surface area (Å²) in [6.07, 6.45) is -3.90. The molecule has 0 fully saturated rings. The topological polar surface area (TPSA) is 9.23 Å². The molecule has 0 saturated heterocycles. The van der Waals surface area contributed by atoms with Crippen molar-refractivity contribution in [2.45, 2.75) is 19.2 Å². The van der Waals surface area contributed by atoms with Gasteiger partial charge in [0.2, 0.25) is 6.10 Å². The van der Waals surface area contributed by atoms with E-state index in [1.54, 1.807) is 13.0 Å². The number of benzene rings is 1. The number of alkyl halides is 3. The molecule has 0 bridgehead atoms. The van der Waals surface area contributed by atoms with Crippen LogP contribution in [0.1, 0.15) is 11.1 Å². The minimum absolute atomic E-state index is 0.215. The Bertz CT molecular complexity index is 451. The summed E-state index contributed by atoms with van der Waals surface area (Å²) in [5, 5.41) is 0.512. The van der Waals surface area contributed by atoms with Crippen LogP contribution in [0.2, 0.25) is 5.02 Å². The molecule has 86 valence electrons. The second-order valence-corrected chi connectivity index (χ2v) is 3.99. The molecule has 0 aromatic heterocycles.